The van der Waals surface area contributed by atoms with E-state index in [1.54, 1.807) is 18.4 Å². The Morgan fingerprint density at radius 3 is 2.20 bits per heavy atom. The van der Waals surface area contributed by atoms with Gasteiger partial charge in [-0.1, -0.05) is 19.1 Å². The van der Waals surface area contributed by atoms with Gasteiger partial charge in [-0.2, -0.15) is 0 Å². The van der Waals surface area contributed by atoms with Gasteiger partial charge in [-0.15, -0.1) is 0 Å². The van der Waals surface area contributed by atoms with Crippen LogP contribution in [0.1, 0.15) is 57.5 Å². The summed E-state index contributed by atoms with van der Waals surface area (Å²) in [5, 5.41) is 0. The van der Waals surface area contributed by atoms with Gasteiger partial charge in [0.1, 0.15) is 5.69 Å². The number of rotatable bonds is 3. The number of esters is 1. The van der Waals surface area contributed by atoms with E-state index in [1.807, 2.05) is 24.3 Å². The molecule has 0 atom stereocenters. The Morgan fingerprint density at radius 2 is 1.64 bits per heavy atom. The largest absolute Gasteiger partial charge is 0.465 e. The first-order chi connectivity index (χ1) is 11.9. The zero-order valence-electron chi connectivity index (χ0n) is 14.7. The van der Waals surface area contributed by atoms with E-state index < -0.39 is 5.97 Å². The lowest BCUT2D eigenvalue weighted by Gasteiger charge is -2.17. The third-order valence-electron chi connectivity index (χ3n) is 4.72. The molecular weight excluding hydrogens is 318 g/mol. The quantitative estimate of drug-likeness (QED) is 0.804. The van der Waals surface area contributed by atoms with Gasteiger partial charge in [-0.05, 0) is 38.0 Å². The number of methoxy groups -OCH3 is 1. The first kappa shape index (κ1) is 16.9. The van der Waals surface area contributed by atoms with Crippen LogP contribution >= 0.6 is 0 Å². The van der Waals surface area contributed by atoms with E-state index in [0.717, 1.165) is 17.7 Å². The van der Waals surface area contributed by atoms with Crippen molar-refractivity contribution in [2.45, 2.75) is 27.2 Å². The maximum atomic E-state index is 12.8. The van der Waals surface area contributed by atoms with Gasteiger partial charge in [-0.25, -0.2) is 4.79 Å². The predicted molar refractivity (Wildman–Crippen MR) is 93.5 cm³/mol. The van der Waals surface area contributed by atoms with Gasteiger partial charge in [-0.3, -0.25) is 9.59 Å². The van der Waals surface area contributed by atoms with Crippen LogP contribution < -0.4 is 0 Å². The van der Waals surface area contributed by atoms with Crippen molar-refractivity contribution in [2.75, 3.05) is 7.11 Å². The van der Waals surface area contributed by atoms with E-state index in [-0.39, 0.29) is 28.4 Å². The molecule has 128 valence electrons. The highest BCUT2D eigenvalue weighted by Gasteiger charge is 2.36. The summed E-state index contributed by atoms with van der Waals surface area (Å²) in [6.07, 6.45) is 2.41. The van der Waals surface area contributed by atoms with Gasteiger partial charge in [0, 0.05) is 23.0 Å². The number of benzene rings is 1. The minimum atomic E-state index is -0.631. The number of fused-ring (bicyclic) bond motifs is 1. The zero-order chi connectivity index (χ0) is 18.3. The van der Waals surface area contributed by atoms with Crippen LogP contribution in [0.5, 0.6) is 0 Å². The molecule has 0 saturated carbocycles. The van der Waals surface area contributed by atoms with Crippen LogP contribution in [0, 0.1) is 0 Å². The van der Waals surface area contributed by atoms with Crippen molar-refractivity contribution in [3.63, 3.8) is 0 Å². The molecule has 25 heavy (non-hydrogen) atoms. The number of carbonyl (C=O) groups excluding carboxylic acids is 3. The third kappa shape index (κ3) is 2.52. The van der Waals surface area contributed by atoms with Crippen molar-refractivity contribution in [1.82, 2.24) is 4.57 Å². The number of ketones is 2. The average molecular weight is 337 g/mol. The monoisotopic (exact) mass is 337 g/mol. The summed E-state index contributed by atoms with van der Waals surface area (Å²) < 4.78 is 6.41. The van der Waals surface area contributed by atoms with E-state index in [9.17, 15) is 14.4 Å². The van der Waals surface area contributed by atoms with Crippen molar-refractivity contribution in [1.29, 1.82) is 0 Å². The number of Topliss-reactive ketones (excluding diaryl/α,β-unsaturated/α-hetero) is 2. The molecule has 5 nitrogen and oxygen atoms in total. The van der Waals surface area contributed by atoms with Crippen LogP contribution in [0.25, 0.3) is 5.69 Å². The number of aryl methyl sites for hydroxylation is 1. The fraction of sp³-hybridized carbons (Fsp3) is 0.250. The molecule has 0 aliphatic heterocycles. The highest BCUT2D eigenvalue weighted by atomic mass is 16.5. The second kappa shape index (κ2) is 6.16. The Morgan fingerprint density at radius 1 is 1.04 bits per heavy atom. The molecule has 1 aliphatic carbocycles. The summed E-state index contributed by atoms with van der Waals surface area (Å²) in [5.74, 6) is -1.19. The van der Waals surface area contributed by atoms with Gasteiger partial charge in [0.2, 0.25) is 5.78 Å². The molecule has 3 rings (SSSR count). The summed E-state index contributed by atoms with van der Waals surface area (Å²) in [7, 11) is 1.26. The number of hydrogen-bond acceptors (Lipinski definition) is 4. The van der Waals surface area contributed by atoms with Crippen molar-refractivity contribution in [3.05, 3.63) is 64.0 Å². The van der Waals surface area contributed by atoms with Gasteiger partial charge >= 0.3 is 5.97 Å². The molecule has 0 amide bonds. The molecule has 0 unspecified atom stereocenters. The second-order valence-corrected chi connectivity index (χ2v) is 6.06. The Kier molecular flexibility index (Phi) is 4.17. The number of carbonyl (C=O) groups is 3. The summed E-state index contributed by atoms with van der Waals surface area (Å²) in [4.78, 5) is 37.7. The second-order valence-electron chi connectivity index (χ2n) is 6.06. The Hall–Kier alpha value is -2.95. The van der Waals surface area contributed by atoms with E-state index in [0.29, 0.717) is 11.1 Å². The molecule has 0 saturated heterocycles. The molecule has 0 spiro atoms. The van der Waals surface area contributed by atoms with Crippen molar-refractivity contribution in [3.8, 4) is 5.69 Å². The van der Waals surface area contributed by atoms with Crippen molar-refractivity contribution in [2.24, 2.45) is 0 Å². The van der Waals surface area contributed by atoms with Crippen LogP contribution in [-0.2, 0) is 11.2 Å². The molecule has 1 aliphatic rings. The van der Waals surface area contributed by atoms with Gasteiger partial charge < -0.3 is 9.30 Å². The smallest absolute Gasteiger partial charge is 0.340 e. The Labute approximate surface area is 145 Å². The van der Waals surface area contributed by atoms with E-state index >= 15 is 0 Å². The van der Waals surface area contributed by atoms with Crippen LogP contribution in [0.3, 0.4) is 0 Å². The fourth-order valence-corrected chi connectivity index (χ4v) is 3.03. The van der Waals surface area contributed by atoms with Crippen LogP contribution in [0.4, 0.5) is 0 Å². The maximum absolute atomic E-state index is 12.8. The lowest BCUT2D eigenvalue weighted by atomic mass is 9.88. The van der Waals surface area contributed by atoms with Crippen molar-refractivity contribution < 1.29 is 19.1 Å². The molecule has 1 heterocycles. The van der Waals surface area contributed by atoms with Crippen molar-refractivity contribution >= 4 is 17.5 Å². The summed E-state index contributed by atoms with van der Waals surface area (Å²) in [6.45, 7) is 5.29. The lowest BCUT2D eigenvalue weighted by molar-refractivity contribution is 0.0597. The van der Waals surface area contributed by atoms with Crippen LogP contribution in [0.15, 0.2) is 41.6 Å². The highest BCUT2D eigenvalue weighted by molar-refractivity contribution is 6.28. The summed E-state index contributed by atoms with van der Waals surface area (Å²) >= 11 is 0. The maximum Gasteiger partial charge on any atom is 0.340 e. The van der Waals surface area contributed by atoms with Gasteiger partial charge in [0.25, 0.3) is 0 Å². The van der Waals surface area contributed by atoms with E-state index in [4.69, 9.17) is 4.74 Å². The molecule has 0 fully saturated rings. The SMILES string of the molecule is CCc1ccc(-n2cc(C(=O)OC)c3c2C(=O)C(C)=C(C)C3=O)cc1. The number of hydrogen-bond donors (Lipinski definition) is 0. The first-order valence-corrected chi connectivity index (χ1v) is 8.10. The Bertz CT molecular complexity index is 929. The first-order valence-electron chi connectivity index (χ1n) is 8.10. The van der Waals surface area contributed by atoms with E-state index in [2.05, 4.69) is 6.92 Å². The zero-order valence-corrected chi connectivity index (χ0v) is 14.7. The molecule has 0 radical (unpaired) electrons. The molecule has 0 N–H and O–H groups in total. The number of ether oxygens (including phenoxy) is 1. The fourth-order valence-electron chi connectivity index (χ4n) is 3.03. The van der Waals surface area contributed by atoms with Gasteiger partial charge in [0.05, 0.1) is 18.2 Å². The highest BCUT2D eigenvalue weighted by Crippen LogP contribution is 2.32. The molecular formula is C20H19NO4. The molecule has 0 bridgehead atoms. The van der Waals surface area contributed by atoms with Gasteiger partial charge in [0.15, 0.2) is 5.78 Å². The van der Waals surface area contributed by atoms with Crippen LogP contribution in [-0.4, -0.2) is 29.2 Å². The normalized spacial score (nSPS) is 13.9. The number of nitrogens with zero attached hydrogens (tertiary/aromatic N) is 1. The minimum Gasteiger partial charge on any atom is -0.465 e. The average Bonchev–Trinajstić information content (AvgIpc) is 3.04. The van der Waals surface area contributed by atoms with Crippen LogP contribution in [0.2, 0.25) is 0 Å². The summed E-state index contributed by atoms with van der Waals surface area (Å²) in [6, 6.07) is 7.67. The lowest BCUT2D eigenvalue weighted by Crippen LogP contribution is -2.22. The topological polar surface area (TPSA) is 65.4 Å². The third-order valence-corrected chi connectivity index (χ3v) is 4.72. The number of aromatic nitrogens is 1. The molecule has 5 heteroatoms. The minimum absolute atomic E-state index is 0.113. The predicted octanol–water partition coefficient (Wildman–Crippen LogP) is 3.54. The molecule has 1 aromatic carbocycles. The number of allylic oxidation sites excluding steroid dienone is 2. The molecule has 1 aromatic heterocycles. The molecule has 2 aromatic rings. The Balaban J connectivity index is 2.29. The van der Waals surface area contributed by atoms with E-state index in [1.165, 1.54) is 13.3 Å². The summed E-state index contributed by atoms with van der Waals surface area (Å²) in [5.41, 5.74) is 3.10. The standard InChI is InChI=1S/C20H19NO4/c1-5-13-6-8-14(9-7-13)21-10-15(20(24)25-4)16-17(21)19(23)12(3)11(2)18(16)22/h6-10H,5H2,1-4H3.